The Balaban J connectivity index is 1.02. The second-order valence-electron chi connectivity index (χ2n) is 13.6. The highest BCUT2D eigenvalue weighted by Crippen LogP contribution is 2.41. The fraction of sp³-hybridized carbons (Fsp3) is 0.0213. The summed E-state index contributed by atoms with van der Waals surface area (Å²) in [6.45, 7) is 2.16. The van der Waals surface area contributed by atoms with Gasteiger partial charge in [0.2, 0.25) is 5.89 Å². The third-order valence-electron chi connectivity index (χ3n) is 10.1. The summed E-state index contributed by atoms with van der Waals surface area (Å²) in [7, 11) is 0. The number of hydrogen-bond donors (Lipinski definition) is 0. The minimum Gasteiger partial charge on any atom is -0.436 e. The predicted octanol–water partition coefficient (Wildman–Crippen LogP) is 12.5. The number of nitrogens with zero attached hydrogens (tertiary/aromatic N) is 5. The van der Waals surface area contributed by atoms with Crippen LogP contribution in [-0.4, -0.2) is 24.5 Å². The first-order chi connectivity index (χ1) is 26.6. The van der Waals surface area contributed by atoms with Crippen LogP contribution < -0.4 is 0 Å². The van der Waals surface area contributed by atoms with Crippen LogP contribution in [0.4, 0.5) is 0 Å². The average Bonchev–Trinajstić information content (AvgIpc) is 3.91. The number of fused-ring (bicyclic) bond motifs is 7. The molecule has 7 aromatic carbocycles. The van der Waals surface area contributed by atoms with Crippen molar-refractivity contribution >= 4 is 64.4 Å². The van der Waals surface area contributed by atoms with Gasteiger partial charge in [0.15, 0.2) is 23.1 Å². The van der Waals surface area contributed by atoms with E-state index in [0.29, 0.717) is 28.9 Å². The van der Waals surface area contributed by atoms with Crippen molar-refractivity contribution in [1.82, 2.24) is 24.5 Å². The quantitative estimate of drug-likeness (QED) is 0.178. The minimum atomic E-state index is 0.553. The Labute approximate surface area is 313 Å². The van der Waals surface area contributed by atoms with Gasteiger partial charge in [-0.1, -0.05) is 97.1 Å². The van der Waals surface area contributed by atoms with Gasteiger partial charge in [0.25, 0.3) is 0 Å². The number of rotatable bonds is 5. The fourth-order valence-electron chi connectivity index (χ4n) is 7.53. The molecule has 0 aliphatic rings. The molecule has 0 radical (unpaired) electrons. The van der Waals surface area contributed by atoms with E-state index in [1.54, 1.807) is 0 Å². The maximum absolute atomic E-state index is 6.50. The van der Waals surface area contributed by atoms with Crippen molar-refractivity contribution in [2.75, 3.05) is 0 Å². The average molecular weight is 712 g/mol. The van der Waals surface area contributed by atoms with Gasteiger partial charge < -0.3 is 8.98 Å². The molecule has 6 nitrogen and oxygen atoms in total. The molecule has 0 amide bonds. The number of hydrogen-bond acceptors (Lipinski definition) is 6. The zero-order chi connectivity index (χ0) is 35.8. The lowest BCUT2D eigenvalue weighted by Crippen LogP contribution is -2.00. The van der Waals surface area contributed by atoms with Gasteiger partial charge in [-0.3, -0.25) is 0 Å². The summed E-state index contributed by atoms with van der Waals surface area (Å²) < 4.78 is 11.5. The zero-order valence-corrected chi connectivity index (χ0v) is 29.9. The molecule has 0 fully saturated rings. The van der Waals surface area contributed by atoms with Gasteiger partial charge in [0.1, 0.15) is 5.52 Å². The monoisotopic (exact) mass is 711 g/mol. The van der Waals surface area contributed by atoms with Crippen LogP contribution >= 0.6 is 11.3 Å². The Morgan fingerprint density at radius 1 is 0.463 bits per heavy atom. The van der Waals surface area contributed by atoms with Gasteiger partial charge in [-0.15, -0.1) is 11.3 Å². The molecule has 0 saturated carbocycles. The molecule has 4 aromatic heterocycles. The SMILES string of the molecule is Cc1ccc2c(c1)sc1cc3c(cc12)c1ccccc1n3-c1cccc(-c2nc3ccc(-c4nc(-c5ccccc5)nc(-c5ccccc5)n4)cc3o2)c1. The second kappa shape index (κ2) is 12.0. The normalized spacial score (nSPS) is 11.8. The molecule has 0 N–H and O–H groups in total. The number of aromatic nitrogens is 5. The third-order valence-corrected chi connectivity index (χ3v) is 11.2. The van der Waals surface area contributed by atoms with Crippen molar-refractivity contribution in [3.63, 3.8) is 0 Å². The van der Waals surface area contributed by atoms with Gasteiger partial charge in [0.05, 0.1) is 11.0 Å². The smallest absolute Gasteiger partial charge is 0.227 e. The lowest BCUT2D eigenvalue weighted by Gasteiger charge is -2.09. The molecule has 254 valence electrons. The first-order valence-corrected chi connectivity index (χ1v) is 18.7. The molecule has 0 atom stereocenters. The third kappa shape index (κ3) is 5.01. The molecule has 0 aliphatic carbocycles. The van der Waals surface area contributed by atoms with Crippen molar-refractivity contribution < 1.29 is 4.42 Å². The highest BCUT2D eigenvalue weighted by Gasteiger charge is 2.18. The topological polar surface area (TPSA) is 69.6 Å². The van der Waals surface area contributed by atoms with E-state index in [1.807, 2.05) is 90.2 Å². The molecule has 0 bridgehead atoms. The van der Waals surface area contributed by atoms with Crippen molar-refractivity contribution in [2.45, 2.75) is 6.92 Å². The lowest BCUT2D eigenvalue weighted by molar-refractivity contribution is 0.620. The Morgan fingerprint density at radius 2 is 1.15 bits per heavy atom. The highest BCUT2D eigenvalue weighted by atomic mass is 32.1. The second-order valence-corrected chi connectivity index (χ2v) is 14.7. The molecule has 7 heteroatoms. The van der Waals surface area contributed by atoms with E-state index in [-0.39, 0.29) is 0 Å². The predicted molar refractivity (Wildman–Crippen MR) is 221 cm³/mol. The summed E-state index contributed by atoms with van der Waals surface area (Å²) in [6, 6.07) is 54.5. The standard InChI is InChI=1S/C47H29N5OS/c1-28-19-21-35-37-26-36-34-17-8-9-18-39(34)52(40(36)27-43(37)54-42(35)23-28)33-16-10-15-32(24-33)47-48-38-22-20-31(25-41(38)53-47)46-50-44(29-11-4-2-5-12-29)49-45(51-46)30-13-6-3-7-14-30/h2-27H,1H3. The van der Waals surface area contributed by atoms with Crippen molar-refractivity contribution in [3.8, 4) is 51.3 Å². The Hall–Kier alpha value is -6.96. The van der Waals surface area contributed by atoms with Gasteiger partial charge in [-0.25, -0.2) is 19.9 Å². The summed E-state index contributed by atoms with van der Waals surface area (Å²) in [5, 5.41) is 5.08. The minimum absolute atomic E-state index is 0.553. The number of oxazole rings is 1. The Bertz CT molecular complexity index is 3180. The fourth-order valence-corrected chi connectivity index (χ4v) is 8.75. The molecule has 0 saturated heterocycles. The summed E-state index contributed by atoms with van der Waals surface area (Å²) >= 11 is 1.85. The van der Waals surface area contributed by atoms with Gasteiger partial charge in [-0.2, -0.15) is 0 Å². The molecular weight excluding hydrogens is 683 g/mol. The Morgan fingerprint density at radius 3 is 1.93 bits per heavy atom. The molecule has 0 unspecified atom stereocenters. The van der Waals surface area contributed by atoms with Crippen molar-refractivity contribution in [1.29, 1.82) is 0 Å². The maximum atomic E-state index is 6.50. The van der Waals surface area contributed by atoms with E-state index < -0.39 is 0 Å². The molecule has 0 aliphatic heterocycles. The number of para-hydroxylation sites is 1. The van der Waals surface area contributed by atoms with Crippen LogP contribution in [0.25, 0.3) is 104 Å². The van der Waals surface area contributed by atoms with Crippen LogP contribution in [0, 0.1) is 6.92 Å². The van der Waals surface area contributed by atoms with Crippen LogP contribution in [0.3, 0.4) is 0 Å². The van der Waals surface area contributed by atoms with Crippen LogP contribution in [0.15, 0.2) is 162 Å². The molecular formula is C47H29N5OS. The van der Waals surface area contributed by atoms with E-state index in [0.717, 1.165) is 39.0 Å². The summed E-state index contributed by atoms with van der Waals surface area (Å²) in [4.78, 5) is 19.6. The van der Waals surface area contributed by atoms with E-state index >= 15 is 0 Å². The van der Waals surface area contributed by atoms with Crippen LogP contribution in [-0.2, 0) is 0 Å². The Kier molecular flexibility index (Phi) is 6.84. The molecule has 54 heavy (non-hydrogen) atoms. The van der Waals surface area contributed by atoms with Gasteiger partial charge in [0, 0.05) is 58.9 Å². The van der Waals surface area contributed by atoms with Crippen LogP contribution in [0.5, 0.6) is 0 Å². The molecule has 4 heterocycles. The first kappa shape index (κ1) is 30.6. The zero-order valence-electron chi connectivity index (χ0n) is 29.1. The van der Waals surface area contributed by atoms with E-state index in [4.69, 9.17) is 24.4 Å². The summed E-state index contributed by atoms with van der Waals surface area (Å²) in [5.74, 6) is 2.35. The number of aryl methyl sites for hydroxylation is 1. The van der Waals surface area contributed by atoms with Gasteiger partial charge >= 0.3 is 0 Å². The van der Waals surface area contributed by atoms with Crippen LogP contribution in [0.1, 0.15) is 5.56 Å². The van der Waals surface area contributed by atoms with Gasteiger partial charge in [-0.05, 0) is 73.2 Å². The number of benzene rings is 7. The van der Waals surface area contributed by atoms with Crippen molar-refractivity contribution in [2.24, 2.45) is 0 Å². The summed E-state index contributed by atoms with van der Waals surface area (Å²) in [5.41, 5.74) is 9.65. The van der Waals surface area contributed by atoms with E-state index in [2.05, 4.69) is 90.4 Å². The van der Waals surface area contributed by atoms with E-state index in [9.17, 15) is 0 Å². The molecule has 0 spiro atoms. The van der Waals surface area contributed by atoms with E-state index in [1.165, 1.54) is 42.0 Å². The lowest BCUT2D eigenvalue weighted by atomic mass is 10.1. The maximum Gasteiger partial charge on any atom is 0.227 e. The molecule has 11 aromatic rings. The highest BCUT2D eigenvalue weighted by molar-refractivity contribution is 7.25. The molecule has 11 rings (SSSR count). The number of thiophene rings is 1. The van der Waals surface area contributed by atoms with Crippen molar-refractivity contribution in [3.05, 3.63) is 163 Å². The van der Waals surface area contributed by atoms with Crippen LogP contribution in [0.2, 0.25) is 0 Å². The largest absolute Gasteiger partial charge is 0.436 e. The summed E-state index contributed by atoms with van der Waals surface area (Å²) in [6.07, 6.45) is 0. The first-order valence-electron chi connectivity index (χ1n) is 17.9.